The number of rotatable bonds is 5. The lowest BCUT2D eigenvalue weighted by Gasteiger charge is -2.40. The van der Waals surface area contributed by atoms with Crippen molar-refractivity contribution in [2.45, 2.75) is 39.7 Å². The van der Waals surface area contributed by atoms with Crippen molar-refractivity contribution in [3.8, 4) is 5.69 Å². The van der Waals surface area contributed by atoms with Crippen LogP contribution < -0.4 is 10.9 Å². The average Bonchev–Trinajstić information content (AvgIpc) is 2.74. The van der Waals surface area contributed by atoms with E-state index < -0.39 is 11.5 Å². The number of hydrogen-bond donors (Lipinski definition) is 1. The third-order valence-corrected chi connectivity index (χ3v) is 5.67. The van der Waals surface area contributed by atoms with E-state index in [1.807, 2.05) is 0 Å². The Hall–Kier alpha value is -2.38. The van der Waals surface area contributed by atoms with E-state index in [1.165, 1.54) is 13.3 Å². The average molecular weight is 434 g/mol. The molecular formula is C22H28ClN3O4. The van der Waals surface area contributed by atoms with Gasteiger partial charge < -0.3 is 14.8 Å². The molecule has 7 nitrogen and oxygen atoms in total. The SMILES string of the molecule is COC(=O)c1ccccc1-n1ncc(NCC2CCCOC2C(C)(C)C)c(Cl)c1=O. The fourth-order valence-electron chi connectivity index (χ4n) is 3.92. The van der Waals surface area contributed by atoms with E-state index in [-0.39, 0.29) is 22.1 Å². The number of benzene rings is 1. The maximum atomic E-state index is 12.9. The minimum Gasteiger partial charge on any atom is -0.465 e. The Kier molecular flexibility index (Phi) is 6.83. The smallest absolute Gasteiger partial charge is 0.340 e. The zero-order chi connectivity index (χ0) is 21.9. The van der Waals surface area contributed by atoms with Crippen molar-refractivity contribution in [3.63, 3.8) is 0 Å². The van der Waals surface area contributed by atoms with Crippen LogP contribution in [0.4, 0.5) is 5.69 Å². The molecule has 8 heteroatoms. The Bertz CT molecular complexity index is 968. The number of aromatic nitrogens is 2. The molecule has 1 aromatic heterocycles. The number of nitrogens with zero attached hydrogens (tertiary/aromatic N) is 2. The highest BCUT2D eigenvalue weighted by Crippen LogP contribution is 2.34. The van der Waals surface area contributed by atoms with Crippen LogP contribution in [0, 0.1) is 11.3 Å². The third-order valence-electron chi connectivity index (χ3n) is 5.31. The monoisotopic (exact) mass is 433 g/mol. The number of halogens is 1. The molecule has 1 aliphatic heterocycles. The molecule has 2 aromatic rings. The van der Waals surface area contributed by atoms with Gasteiger partial charge in [-0.25, -0.2) is 4.79 Å². The number of carbonyl (C=O) groups is 1. The molecule has 1 aromatic carbocycles. The van der Waals surface area contributed by atoms with Crippen LogP contribution in [-0.2, 0) is 9.47 Å². The number of methoxy groups -OCH3 is 1. The van der Waals surface area contributed by atoms with Gasteiger partial charge in [-0.1, -0.05) is 44.5 Å². The molecular weight excluding hydrogens is 406 g/mol. The van der Waals surface area contributed by atoms with E-state index >= 15 is 0 Å². The second kappa shape index (κ2) is 9.18. The van der Waals surface area contributed by atoms with Gasteiger partial charge in [0, 0.05) is 19.1 Å². The molecule has 0 amide bonds. The van der Waals surface area contributed by atoms with Crippen molar-refractivity contribution in [1.82, 2.24) is 9.78 Å². The first kappa shape index (κ1) is 22.3. The van der Waals surface area contributed by atoms with Crippen molar-refractivity contribution >= 4 is 23.3 Å². The van der Waals surface area contributed by atoms with Crippen LogP contribution in [-0.4, -0.2) is 42.1 Å². The summed E-state index contributed by atoms with van der Waals surface area (Å²) in [6, 6.07) is 6.60. The van der Waals surface area contributed by atoms with Crippen LogP contribution in [0.15, 0.2) is 35.3 Å². The van der Waals surface area contributed by atoms with Crippen LogP contribution in [0.5, 0.6) is 0 Å². The Morgan fingerprint density at radius 3 is 2.80 bits per heavy atom. The zero-order valence-corrected chi connectivity index (χ0v) is 18.5. The standard InChI is InChI=1S/C22H28ClN3O4/c1-22(2,3)19-14(8-7-11-30-19)12-24-16-13-25-26(20(27)18(16)23)17-10-6-5-9-15(17)21(28)29-4/h5-6,9-10,13-14,19,24H,7-8,11-12H2,1-4H3. The predicted molar refractivity (Wildman–Crippen MR) is 117 cm³/mol. The van der Waals surface area contributed by atoms with E-state index in [9.17, 15) is 9.59 Å². The fourth-order valence-corrected chi connectivity index (χ4v) is 4.11. The van der Waals surface area contributed by atoms with E-state index in [0.29, 0.717) is 23.8 Å². The van der Waals surface area contributed by atoms with Gasteiger partial charge in [0.2, 0.25) is 0 Å². The molecule has 0 aliphatic carbocycles. The van der Waals surface area contributed by atoms with Crippen molar-refractivity contribution < 1.29 is 14.3 Å². The Labute approximate surface area is 181 Å². The summed E-state index contributed by atoms with van der Waals surface area (Å²) in [4.78, 5) is 24.9. The summed E-state index contributed by atoms with van der Waals surface area (Å²) >= 11 is 6.37. The van der Waals surface area contributed by atoms with Gasteiger partial charge in [0.1, 0.15) is 5.02 Å². The van der Waals surface area contributed by atoms with E-state index in [2.05, 4.69) is 31.2 Å². The third kappa shape index (κ3) is 4.68. The molecule has 0 radical (unpaired) electrons. The summed E-state index contributed by atoms with van der Waals surface area (Å²) in [5.41, 5.74) is 0.530. The van der Waals surface area contributed by atoms with Gasteiger partial charge in [-0.15, -0.1) is 0 Å². The number of esters is 1. The molecule has 2 unspecified atom stereocenters. The van der Waals surface area contributed by atoms with Gasteiger partial charge in [-0.05, 0) is 30.4 Å². The molecule has 0 saturated carbocycles. The lowest BCUT2D eigenvalue weighted by molar-refractivity contribution is -0.0814. The van der Waals surface area contributed by atoms with Crippen LogP contribution in [0.1, 0.15) is 44.0 Å². The highest BCUT2D eigenvalue weighted by atomic mass is 35.5. The summed E-state index contributed by atoms with van der Waals surface area (Å²) < 4.78 is 11.9. The van der Waals surface area contributed by atoms with Crippen molar-refractivity contribution in [2.24, 2.45) is 11.3 Å². The Morgan fingerprint density at radius 1 is 1.37 bits per heavy atom. The summed E-state index contributed by atoms with van der Waals surface area (Å²) in [6.07, 6.45) is 3.69. The molecule has 2 heterocycles. The van der Waals surface area contributed by atoms with E-state index in [1.54, 1.807) is 24.3 Å². The van der Waals surface area contributed by atoms with Gasteiger partial charge in [0.05, 0.1) is 36.3 Å². The maximum absolute atomic E-state index is 12.9. The first-order valence-electron chi connectivity index (χ1n) is 10.0. The van der Waals surface area contributed by atoms with Crippen molar-refractivity contribution in [2.75, 3.05) is 25.6 Å². The number of carbonyl (C=O) groups excluding carboxylic acids is 1. The van der Waals surface area contributed by atoms with Gasteiger partial charge >= 0.3 is 5.97 Å². The molecule has 1 fully saturated rings. The molecule has 1 saturated heterocycles. The molecule has 0 spiro atoms. The Balaban J connectivity index is 1.84. The zero-order valence-electron chi connectivity index (χ0n) is 17.8. The molecule has 2 atom stereocenters. The second-order valence-electron chi connectivity index (χ2n) is 8.54. The normalized spacial score (nSPS) is 19.4. The van der Waals surface area contributed by atoms with Gasteiger partial charge in [0.25, 0.3) is 5.56 Å². The number of anilines is 1. The van der Waals surface area contributed by atoms with E-state index in [0.717, 1.165) is 24.1 Å². The van der Waals surface area contributed by atoms with Gasteiger partial charge in [-0.2, -0.15) is 9.78 Å². The first-order valence-corrected chi connectivity index (χ1v) is 10.4. The lowest BCUT2D eigenvalue weighted by atomic mass is 9.78. The summed E-state index contributed by atoms with van der Waals surface area (Å²) in [7, 11) is 1.29. The molecule has 30 heavy (non-hydrogen) atoms. The highest BCUT2D eigenvalue weighted by Gasteiger charge is 2.35. The van der Waals surface area contributed by atoms with Gasteiger partial charge in [0.15, 0.2) is 0 Å². The number of hydrogen-bond acceptors (Lipinski definition) is 6. The lowest BCUT2D eigenvalue weighted by Crippen LogP contribution is -2.42. The van der Waals surface area contributed by atoms with Crippen LogP contribution >= 0.6 is 11.6 Å². The van der Waals surface area contributed by atoms with Crippen LogP contribution in [0.3, 0.4) is 0 Å². The van der Waals surface area contributed by atoms with Crippen molar-refractivity contribution in [3.05, 3.63) is 51.4 Å². The minimum atomic E-state index is -0.553. The largest absolute Gasteiger partial charge is 0.465 e. The quantitative estimate of drug-likeness (QED) is 0.719. The highest BCUT2D eigenvalue weighted by molar-refractivity contribution is 6.33. The number of ether oxygens (including phenoxy) is 2. The Morgan fingerprint density at radius 2 is 2.10 bits per heavy atom. The number of para-hydroxylation sites is 1. The second-order valence-corrected chi connectivity index (χ2v) is 8.92. The maximum Gasteiger partial charge on any atom is 0.340 e. The molecule has 0 bridgehead atoms. The number of nitrogens with one attached hydrogen (secondary N) is 1. The van der Waals surface area contributed by atoms with E-state index in [4.69, 9.17) is 21.1 Å². The molecule has 1 N–H and O–H groups in total. The fraction of sp³-hybridized carbons (Fsp3) is 0.500. The minimum absolute atomic E-state index is 0.0219. The summed E-state index contributed by atoms with van der Waals surface area (Å²) in [5.74, 6) is -0.250. The van der Waals surface area contributed by atoms with Gasteiger partial charge in [-0.3, -0.25) is 4.79 Å². The topological polar surface area (TPSA) is 82.5 Å². The van der Waals surface area contributed by atoms with Crippen LogP contribution in [0.25, 0.3) is 5.69 Å². The first-order chi connectivity index (χ1) is 14.2. The predicted octanol–water partition coefficient (Wildman–Crippen LogP) is 3.93. The van der Waals surface area contributed by atoms with Crippen molar-refractivity contribution in [1.29, 1.82) is 0 Å². The summed E-state index contributed by atoms with van der Waals surface area (Å²) in [6.45, 7) is 7.92. The molecule has 162 valence electrons. The van der Waals surface area contributed by atoms with Crippen LogP contribution in [0.2, 0.25) is 5.02 Å². The molecule has 3 rings (SSSR count). The molecule has 1 aliphatic rings. The summed E-state index contributed by atoms with van der Waals surface area (Å²) in [5, 5.41) is 7.53.